The fourth-order valence-electron chi connectivity index (χ4n) is 3.02. The quantitative estimate of drug-likeness (QED) is 0.149. The average molecular weight is 418 g/mol. The number of hydrogen-bond acceptors (Lipinski definition) is 4. The number of benzene rings is 2. The van der Waals surface area contributed by atoms with Gasteiger partial charge in [0.15, 0.2) is 17.4 Å². The van der Waals surface area contributed by atoms with Crippen LogP contribution in [0.2, 0.25) is 0 Å². The van der Waals surface area contributed by atoms with Crippen molar-refractivity contribution in [3.8, 4) is 11.1 Å². The summed E-state index contributed by atoms with van der Waals surface area (Å²) >= 11 is 5.52. The second-order valence-electron chi connectivity index (χ2n) is 6.51. The second kappa shape index (κ2) is 9.67. The molecule has 6 nitrogen and oxygen atoms in total. The van der Waals surface area contributed by atoms with Gasteiger partial charge in [0.2, 0.25) is 5.78 Å². The first-order valence-electron chi connectivity index (χ1n) is 9.25. The number of pyridine rings is 1. The average Bonchev–Trinajstić information content (AvgIpc) is 2.78. The van der Waals surface area contributed by atoms with Crippen LogP contribution in [0.5, 0.6) is 0 Å². The molecule has 150 valence electrons. The molecule has 0 aliphatic heterocycles. The molecule has 1 aromatic heterocycles. The molecule has 0 saturated heterocycles. The molecule has 0 fully saturated rings. The lowest BCUT2D eigenvalue weighted by molar-refractivity contribution is -0.691. The summed E-state index contributed by atoms with van der Waals surface area (Å²) in [4.78, 5) is 24.1. The summed E-state index contributed by atoms with van der Waals surface area (Å²) in [5.74, 6) is -0.262. The minimum absolute atomic E-state index is 0.0748. The van der Waals surface area contributed by atoms with Crippen LogP contribution in [0, 0.1) is 10.1 Å². The number of carbonyl (C=O) groups excluding carboxylic acids is 1. The first-order valence-corrected chi connectivity index (χ1v) is 9.65. The molecule has 1 heterocycles. The van der Waals surface area contributed by atoms with Crippen LogP contribution in [0.3, 0.4) is 0 Å². The summed E-state index contributed by atoms with van der Waals surface area (Å²) in [6.07, 6.45) is 5.30. The maximum atomic E-state index is 13.3. The van der Waals surface area contributed by atoms with Gasteiger partial charge in [0.05, 0.1) is 4.92 Å². The minimum atomic E-state index is -0.801. The molecule has 0 saturated carbocycles. The third-order valence-corrected chi connectivity index (χ3v) is 4.87. The molecule has 30 heavy (non-hydrogen) atoms. The van der Waals surface area contributed by atoms with Crippen molar-refractivity contribution in [3.05, 3.63) is 107 Å². The van der Waals surface area contributed by atoms with Gasteiger partial charge in [0, 0.05) is 35.9 Å². The summed E-state index contributed by atoms with van der Waals surface area (Å²) in [7, 11) is 0. The number of nitrogens with zero attached hydrogens (tertiary/aromatic N) is 2. The van der Waals surface area contributed by atoms with Gasteiger partial charge < -0.3 is 5.32 Å². The fourth-order valence-corrected chi connectivity index (χ4v) is 3.33. The lowest BCUT2D eigenvalue weighted by Crippen LogP contribution is -2.51. The van der Waals surface area contributed by atoms with Gasteiger partial charge in [0.25, 0.3) is 11.7 Å². The third kappa shape index (κ3) is 4.82. The van der Waals surface area contributed by atoms with Gasteiger partial charge in [-0.25, -0.2) is 0 Å². The number of thiocarbonyl (C=S) groups is 1. The predicted octanol–water partition coefficient (Wildman–Crippen LogP) is 4.08. The van der Waals surface area contributed by atoms with Crippen LogP contribution in [0.25, 0.3) is 11.1 Å². The van der Waals surface area contributed by atoms with E-state index < -0.39 is 11.0 Å². The smallest absolute Gasteiger partial charge is 0.270 e. The van der Waals surface area contributed by atoms with Gasteiger partial charge in [-0.3, -0.25) is 14.9 Å². The van der Waals surface area contributed by atoms with Crippen molar-refractivity contribution in [2.24, 2.45) is 0 Å². The van der Waals surface area contributed by atoms with E-state index in [0.717, 1.165) is 11.1 Å². The molecule has 0 amide bonds. The van der Waals surface area contributed by atoms with Crippen LogP contribution in [0.15, 0.2) is 91.8 Å². The summed E-state index contributed by atoms with van der Waals surface area (Å²) in [5, 5.41) is 13.9. The number of ketones is 1. The normalized spacial score (nSPS) is 11.3. The summed E-state index contributed by atoms with van der Waals surface area (Å²) in [5.41, 5.74) is 2.21. The third-order valence-electron chi connectivity index (χ3n) is 4.51. The molecule has 0 radical (unpaired) electrons. The van der Waals surface area contributed by atoms with Crippen LogP contribution in [-0.2, 0) is 0 Å². The Balaban J connectivity index is 2.00. The molecule has 0 spiro atoms. The minimum Gasteiger partial charge on any atom is -0.370 e. The molecular formula is C23H20N3O3S+. The molecule has 3 rings (SSSR count). The van der Waals surface area contributed by atoms with Crippen molar-refractivity contribution in [1.29, 1.82) is 0 Å². The Bertz CT molecular complexity index is 1080. The monoisotopic (exact) mass is 418 g/mol. The number of nitro benzene ring substituents is 1. The zero-order valence-electron chi connectivity index (χ0n) is 16.1. The van der Waals surface area contributed by atoms with Gasteiger partial charge in [-0.15, -0.1) is 6.58 Å². The van der Waals surface area contributed by atoms with Crippen molar-refractivity contribution in [2.45, 2.75) is 6.04 Å². The number of non-ortho nitro benzene ring substituents is 1. The number of nitrogens with one attached hydrogen (secondary N) is 1. The molecular weight excluding hydrogens is 398 g/mol. The van der Waals surface area contributed by atoms with E-state index in [2.05, 4.69) is 11.9 Å². The molecule has 0 bridgehead atoms. The van der Waals surface area contributed by atoms with Gasteiger partial charge in [-0.05, 0) is 23.8 Å². The summed E-state index contributed by atoms with van der Waals surface area (Å²) < 4.78 is 1.75. The van der Waals surface area contributed by atoms with Crippen molar-refractivity contribution < 1.29 is 14.3 Å². The molecule has 1 unspecified atom stereocenters. The van der Waals surface area contributed by atoms with Gasteiger partial charge in [0.1, 0.15) is 0 Å². The molecule has 0 aliphatic rings. The standard InChI is InChI=1S/C23H19N3O3S/c1-2-14-24-23(30)21(22(27)18-10-12-20(13-11-18)26(28)29)25-15-6-9-19(16-25)17-7-4-3-5-8-17/h2-13,15-16,21H,1,14H2/p+1. The van der Waals surface area contributed by atoms with Crippen LogP contribution in [-0.4, -0.2) is 22.2 Å². The first-order chi connectivity index (χ1) is 14.5. The van der Waals surface area contributed by atoms with E-state index in [1.807, 2.05) is 48.7 Å². The Morgan fingerprint density at radius 3 is 2.40 bits per heavy atom. The molecule has 2 aromatic carbocycles. The Labute approximate surface area is 179 Å². The number of hydrogen-bond donors (Lipinski definition) is 1. The zero-order chi connectivity index (χ0) is 21.5. The van der Waals surface area contributed by atoms with E-state index in [9.17, 15) is 14.9 Å². The number of aromatic nitrogens is 1. The second-order valence-corrected chi connectivity index (χ2v) is 6.95. The topological polar surface area (TPSA) is 76.1 Å². The van der Waals surface area contributed by atoms with Crippen LogP contribution < -0.4 is 9.88 Å². The zero-order valence-corrected chi connectivity index (χ0v) is 16.9. The summed E-state index contributed by atoms with van der Waals surface area (Å²) in [6, 6.07) is 18.4. The number of nitro groups is 1. The lowest BCUT2D eigenvalue weighted by Gasteiger charge is -2.14. The highest BCUT2D eigenvalue weighted by Crippen LogP contribution is 2.19. The maximum Gasteiger partial charge on any atom is 0.270 e. The molecule has 1 atom stereocenters. The Hall–Kier alpha value is -3.71. The SMILES string of the molecule is C=CCNC(=S)C(C(=O)c1ccc([N+](=O)[O-])cc1)[n+]1cccc(-c2ccccc2)c1. The van der Waals surface area contributed by atoms with Gasteiger partial charge >= 0.3 is 0 Å². The van der Waals surface area contributed by atoms with E-state index in [4.69, 9.17) is 12.2 Å². The van der Waals surface area contributed by atoms with E-state index in [1.54, 1.807) is 16.8 Å². The van der Waals surface area contributed by atoms with Crippen molar-refractivity contribution in [2.75, 3.05) is 6.54 Å². The summed E-state index contributed by atoms with van der Waals surface area (Å²) in [6.45, 7) is 4.09. The number of rotatable bonds is 8. The Kier molecular flexibility index (Phi) is 6.77. The van der Waals surface area contributed by atoms with E-state index in [1.165, 1.54) is 24.3 Å². The largest absolute Gasteiger partial charge is 0.370 e. The Morgan fingerprint density at radius 1 is 1.10 bits per heavy atom. The van der Waals surface area contributed by atoms with Crippen LogP contribution in [0.4, 0.5) is 5.69 Å². The first kappa shape index (κ1) is 21.0. The van der Waals surface area contributed by atoms with Crippen LogP contribution in [0.1, 0.15) is 16.4 Å². The molecule has 3 aromatic rings. The van der Waals surface area contributed by atoms with Crippen molar-refractivity contribution in [3.63, 3.8) is 0 Å². The fraction of sp³-hybridized carbons (Fsp3) is 0.0870. The Morgan fingerprint density at radius 2 is 1.77 bits per heavy atom. The van der Waals surface area contributed by atoms with E-state index >= 15 is 0 Å². The maximum absolute atomic E-state index is 13.3. The molecule has 0 aliphatic carbocycles. The van der Waals surface area contributed by atoms with Crippen molar-refractivity contribution >= 4 is 28.7 Å². The van der Waals surface area contributed by atoms with E-state index in [-0.39, 0.29) is 11.5 Å². The molecule has 1 N–H and O–H groups in total. The highest BCUT2D eigenvalue weighted by atomic mass is 32.1. The highest BCUT2D eigenvalue weighted by Gasteiger charge is 2.33. The van der Waals surface area contributed by atoms with Crippen molar-refractivity contribution in [1.82, 2.24) is 5.32 Å². The predicted molar refractivity (Wildman–Crippen MR) is 119 cm³/mol. The number of carbonyl (C=O) groups is 1. The molecule has 7 heteroatoms. The van der Waals surface area contributed by atoms with E-state index in [0.29, 0.717) is 17.1 Å². The number of Topliss-reactive ketones (excluding diaryl/α,β-unsaturated/α-hetero) is 1. The lowest BCUT2D eigenvalue weighted by atomic mass is 10.0. The highest BCUT2D eigenvalue weighted by molar-refractivity contribution is 7.80. The van der Waals surface area contributed by atoms with Gasteiger partial charge in [-0.1, -0.05) is 48.6 Å². The van der Waals surface area contributed by atoms with Gasteiger partial charge in [-0.2, -0.15) is 4.57 Å². The van der Waals surface area contributed by atoms with Crippen LogP contribution >= 0.6 is 12.2 Å².